The molecule has 0 saturated carbocycles. The van der Waals surface area contributed by atoms with Gasteiger partial charge in [0.2, 0.25) is 0 Å². The van der Waals surface area contributed by atoms with Gasteiger partial charge in [-0.05, 0) is 51.5 Å². The quantitative estimate of drug-likeness (QED) is 0.889. The van der Waals surface area contributed by atoms with Gasteiger partial charge >= 0.3 is 0 Å². The van der Waals surface area contributed by atoms with Crippen molar-refractivity contribution in [3.63, 3.8) is 0 Å². The largest absolute Gasteiger partial charge is 0.394 e. The molecule has 1 aromatic heterocycles. The maximum Gasteiger partial charge on any atom is 0.0776 e. The summed E-state index contributed by atoms with van der Waals surface area (Å²) in [6.45, 7) is 4.53. The summed E-state index contributed by atoms with van der Waals surface area (Å²) in [5, 5.41) is 9.75. The van der Waals surface area contributed by atoms with E-state index in [1.54, 1.807) is 0 Å². The number of hydrogen-bond donors (Lipinski definition) is 1. The van der Waals surface area contributed by atoms with Crippen LogP contribution in [0.3, 0.4) is 0 Å². The summed E-state index contributed by atoms with van der Waals surface area (Å²) in [6.07, 6.45) is 5.36. The van der Waals surface area contributed by atoms with Crippen LogP contribution in [-0.4, -0.2) is 72.3 Å². The van der Waals surface area contributed by atoms with E-state index in [0.29, 0.717) is 6.04 Å². The van der Waals surface area contributed by atoms with Gasteiger partial charge in [0, 0.05) is 32.4 Å². The van der Waals surface area contributed by atoms with Gasteiger partial charge in [0.1, 0.15) is 0 Å². The number of aliphatic hydroxyl groups is 1. The molecule has 0 spiro atoms. The lowest BCUT2D eigenvalue weighted by Gasteiger charge is -2.41. The minimum atomic E-state index is 0.178. The second-order valence-electron chi connectivity index (χ2n) is 6.71. The Labute approximate surface area is 133 Å². The van der Waals surface area contributed by atoms with E-state index in [2.05, 4.69) is 39.8 Å². The third kappa shape index (κ3) is 3.26. The second kappa shape index (κ2) is 6.94. The van der Waals surface area contributed by atoms with Crippen LogP contribution < -0.4 is 4.90 Å². The molecule has 3 heterocycles. The van der Waals surface area contributed by atoms with Gasteiger partial charge in [-0.3, -0.25) is 9.88 Å². The van der Waals surface area contributed by atoms with E-state index in [1.807, 2.05) is 12.3 Å². The smallest absolute Gasteiger partial charge is 0.0776 e. The number of fused-ring (bicyclic) bond motifs is 1. The molecule has 1 fully saturated rings. The predicted octanol–water partition coefficient (Wildman–Crippen LogP) is 1.18. The Morgan fingerprint density at radius 2 is 1.95 bits per heavy atom. The molecule has 0 aromatic carbocycles. The van der Waals surface area contributed by atoms with Gasteiger partial charge in [0.05, 0.1) is 24.0 Å². The average Bonchev–Trinajstić information content (AvgIpc) is 2.54. The maximum absolute atomic E-state index is 9.75. The summed E-state index contributed by atoms with van der Waals surface area (Å²) >= 11 is 0. The highest BCUT2D eigenvalue weighted by Gasteiger charge is 2.28. The van der Waals surface area contributed by atoms with Crippen LogP contribution in [0.4, 0.5) is 5.69 Å². The summed E-state index contributed by atoms with van der Waals surface area (Å²) < 4.78 is 0. The number of pyridine rings is 1. The van der Waals surface area contributed by atoms with Crippen molar-refractivity contribution >= 4 is 5.69 Å². The van der Waals surface area contributed by atoms with E-state index in [1.165, 1.54) is 31.6 Å². The Morgan fingerprint density at radius 3 is 2.68 bits per heavy atom. The molecule has 0 aliphatic carbocycles. The number of likely N-dealkylation sites (tertiary alicyclic amines) is 1. The summed E-state index contributed by atoms with van der Waals surface area (Å²) in [5.74, 6) is 0. The SMILES string of the molecule is CN1CCC(N2CC[C@@H](CO)N(C)c3cccnc3C2)CC1. The highest BCUT2D eigenvalue weighted by Crippen LogP contribution is 2.27. The zero-order chi connectivity index (χ0) is 15.5. The normalized spacial score (nSPS) is 25.6. The molecule has 122 valence electrons. The Morgan fingerprint density at radius 1 is 1.18 bits per heavy atom. The van der Waals surface area contributed by atoms with Crippen LogP contribution in [0.25, 0.3) is 0 Å². The fourth-order valence-electron chi connectivity index (χ4n) is 3.73. The van der Waals surface area contributed by atoms with Gasteiger partial charge in [0.15, 0.2) is 0 Å². The standard InChI is InChI=1S/C17H28N4O/c1-19-9-5-14(6-10-19)21-11-7-15(13-22)20(2)17-4-3-8-18-16(17)12-21/h3-4,8,14-15,22H,5-7,9-13H2,1-2H3/t15-/m0/s1. The number of hydrogen-bond acceptors (Lipinski definition) is 5. The van der Waals surface area contributed by atoms with Crippen molar-refractivity contribution in [3.05, 3.63) is 24.0 Å². The molecule has 2 aliphatic rings. The minimum Gasteiger partial charge on any atom is -0.394 e. The van der Waals surface area contributed by atoms with E-state index in [9.17, 15) is 5.11 Å². The Balaban J connectivity index is 1.82. The number of aromatic nitrogens is 1. The van der Waals surface area contributed by atoms with Gasteiger partial charge < -0.3 is 14.9 Å². The van der Waals surface area contributed by atoms with Crippen LogP contribution in [0.5, 0.6) is 0 Å². The first-order chi connectivity index (χ1) is 10.7. The van der Waals surface area contributed by atoms with Crippen molar-refractivity contribution in [3.8, 4) is 0 Å². The second-order valence-corrected chi connectivity index (χ2v) is 6.71. The molecule has 5 heteroatoms. The lowest BCUT2D eigenvalue weighted by molar-refractivity contribution is 0.104. The van der Waals surface area contributed by atoms with Crippen LogP contribution >= 0.6 is 0 Å². The van der Waals surface area contributed by atoms with Crippen molar-refractivity contribution in [1.29, 1.82) is 0 Å². The van der Waals surface area contributed by atoms with Crippen LogP contribution in [0.2, 0.25) is 0 Å². The van der Waals surface area contributed by atoms with Gasteiger partial charge in [0.25, 0.3) is 0 Å². The number of piperidine rings is 1. The van der Waals surface area contributed by atoms with Crippen molar-refractivity contribution in [2.24, 2.45) is 0 Å². The van der Waals surface area contributed by atoms with Gasteiger partial charge in [-0.15, -0.1) is 0 Å². The van der Waals surface area contributed by atoms with Crippen LogP contribution in [-0.2, 0) is 6.54 Å². The molecule has 22 heavy (non-hydrogen) atoms. The molecule has 0 amide bonds. The fourth-order valence-corrected chi connectivity index (χ4v) is 3.73. The monoisotopic (exact) mass is 304 g/mol. The number of rotatable bonds is 2. The van der Waals surface area contributed by atoms with Crippen LogP contribution in [0, 0.1) is 0 Å². The van der Waals surface area contributed by atoms with Crippen LogP contribution in [0.1, 0.15) is 25.0 Å². The van der Waals surface area contributed by atoms with E-state index >= 15 is 0 Å². The van der Waals surface area contributed by atoms with Crippen molar-refractivity contribution in [2.45, 2.75) is 37.9 Å². The van der Waals surface area contributed by atoms with Gasteiger partial charge in [-0.2, -0.15) is 0 Å². The summed E-state index contributed by atoms with van der Waals surface area (Å²) in [4.78, 5) is 11.8. The summed E-state index contributed by atoms with van der Waals surface area (Å²) in [7, 11) is 4.28. The number of aliphatic hydroxyl groups excluding tert-OH is 1. The third-order valence-electron chi connectivity index (χ3n) is 5.31. The van der Waals surface area contributed by atoms with Crippen molar-refractivity contribution in [1.82, 2.24) is 14.8 Å². The molecule has 0 bridgehead atoms. The number of anilines is 1. The average molecular weight is 304 g/mol. The Kier molecular flexibility index (Phi) is 4.96. The molecular formula is C17H28N4O. The Bertz CT molecular complexity index is 487. The minimum absolute atomic E-state index is 0.178. The molecule has 0 radical (unpaired) electrons. The van der Waals surface area contributed by atoms with Gasteiger partial charge in [-0.1, -0.05) is 0 Å². The van der Waals surface area contributed by atoms with E-state index < -0.39 is 0 Å². The zero-order valence-electron chi connectivity index (χ0n) is 13.8. The molecule has 0 unspecified atom stereocenters. The molecule has 1 atom stereocenters. The van der Waals surface area contributed by atoms with E-state index in [-0.39, 0.29) is 12.6 Å². The zero-order valence-corrected chi connectivity index (χ0v) is 13.8. The molecule has 1 aromatic rings. The lowest BCUT2D eigenvalue weighted by atomic mass is 10.0. The van der Waals surface area contributed by atoms with Crippen molar-refractivity contribution < 1.29 is 5.11 Å². The maximum atomic E-state index is 9.75. The third-order valence-corrected chi connectivity index (χ3v) is 5.31. The Hall–Kier alpha value is -1.17. The molecule has 1 N–H and O–H groups in total. The predicted molar refractivity (Wildman–Crippen MR) is 89.1 cm³/mol. The topological polar surface area (TPSA) is 42.8 Å². The van der Waals surface area contributed by atoms with E-state index in [4.69, 9.17) is 0 Å². The first-order valence-corrected chi connectivity index (χ1v) is 8.39. The molecular weight excluding hydrogens is 276 g/mol. The summed E-state index contributed by atoms with van der Waals surface area (Å²) in [5.41, 5.74) is 2.31. The lowest BCUT2D eigenvalue weighted by Crippen LogP contribution is -2.47. The highest BCUT2D eigenvalue weighted by atomic mass is 16.3. The number of likely N-dealkylation sites (N-methyl/N-ethyl adjacent to an activating group) is 1. The fraction of sp³-hybridized carbons (Fsp3) is 0.706. The van der Waals surface area contributed by atoms with Crippen LogP contribution in [0.15, 0.2) is 18.3 Å². The summed E-state index contributed by atoms with van der Waals surface area (Å²) in [6, 6.07) is 4.94. The van der Waals surface area contributed by atoms with Crippen molar-refractivity contribution in [2.75, 3.05) is 45.2 Å². The first kappa shape index (κ1) is 15.7. The van der Waals surface area contributed by atoms with E-state index in [0.717, 1.165) is 25.2 Å². The first-order valence-electron chi connectivity index (χ1n) is 8.39. The molecule has 5 nitrogen and oxygen atoms in total. The number of nitrogens with zero attached hydrogens (tertiary/aromatic N) is 4. The highest BCUT2D eigenvalue weighted by molar-refractivity contribution is 5.51. The van der Waals surface area contributed by atoms with Gasteiger partial charge in [-0.25, -0.2) is 0 Å². The molecule has 1 saturated heterocycles. The molecule has 3 rings (SSSR count). The molecule has 2 aliphatic heterocycles.